The monoisotopic (exact) mass is 478 g/mol. The molecule has 5 heterocycles. The molecule has 12 heteroatoms. The molecule has 0 radical (unpaired) electrons. The highest BCUT2D eigenvalue weighted by Crippen LogP contribution is 2.32. The molecular formula is C23H20F2N8O2. The molecule has 0 aliphatic carbocycles. The van der Waals surface area contributed by atoms with E-state index in [4.69, 9.17) is 4.74 Å². The number of halogens is 2. The largest absolute Gasteiger partial charge is 0.493 e. The summed E-state index contributed by atoms with van der Waals surface area (Å²) in [5, 5.41) is 26.0. The summed E-state index contributed by atoms with van der Waals surface area (Å²) in [6.45, 7) is 1.14. The maximum atomic E-state index is 14.5. The van der Waals surface area contributed by atoms with Crippen molar-refractivity contribution < 1.29 is 18.6 Å². The lowest BCUT2D eigenvalue weighted by Gasteiger charge is -2.21. The maximum absolute atomic E-state index is 14.5. The normalized spacial score (nSPS) is 14.7. The molecule has 2 N–H and O–H groups in total. The van der Waals surface area contributed by atoms with E-state index in [0.717, 1.165) is 5.56 Å². The summed E-state index contributed by atoms with van der Waals surface area (Å²) in [5.74, 6) is 0.824. The van der Waals surface area contributed by atoms with E-state index in [1.165, 1.54) is 30.2 Å². The van der Waals surface area contributed by atoms with Crippen LogP contribution in [0.4, 0.5) is 14.7 Å². The zero-order chi connectivity index (χ0) is 24.2. The van der Waals surface area contributed by atoms with Crippen LogP contribution in [0.15, 0.2) is 43.1 Å². The number of ether oxygens (including phenoxy) is 1. The van der Waals surface area contributed by atoms with Crippen LogP contribution in [0.1, 0.15) is 23.7 Å². The molecule has 0 fully saturated rings. The predicted octanol–water partition coefficient (Wildman–Crippen LogP) is 2.70. The molecule has 1 atom stereocenters. The van der Waals surface area contributed by atoms with Crippen LogP contribution in [0.2, 0.25) is 0 Å². The van der Waals surface area contributed by atoms with Gasteiger partial charge in [0.1, 0.15) is 36.5 Å². The van der Waals surface area contributed by atoms with E-state index >= 15 is 0 Å². The zero-order valence-electron chi connectivity index (χ0n) is 18.6. The molecule has 0 unspecified atom stereocenters. The molecule has 4 aromatic heterocycles. The van der Waals surface area contributed by atoms with Gasteiger partial charge in [0.2, 0.25) is 5.95 Å². The molecule has 1 aliphatic rings. The van der Waals surface area contributed by atoms with Gasteiger partial charge < -0.3 is 15.2 Å². The average Bonchev–Trinajstić information content (AvgIpc) is 3.63. The Hall–Kier alpha value is -4.19. The van der Waals surface area contributed by atoms with E-state index in [0.29, 0.717) is 52.7 Å². The second-order valence-corrected chi connectivity index (χ2v) is 8.51. The molecule has 6 rings (SSSR count). The van der Waals surface area contributed by atoms with Crippen LogP contribution < -0.4 is 10.1 Å². The highest BCUT2D eigenvalue weighted by atomic mass is 19.1. The van der Waals surface area contributed by atoms with E-state index in [1.807, 2.05) is 0 Å². The number of nitrogens with zero attached hydrogens (tertiary/aromatic N) is 7. The first kappa shape index (κ1) is 21.4. The number of aromatic nitrogens is 7. The van der Waals surface area contributed by atoms with Gasteiger partial charge >= 0.3 is 0 Å². The van der Waals surface area contributed by atoms with Crippen molar-refractivity contribution in [2.24, 2.45) is 0 Å². The Bertz CT molecular complexity index is 1580. The fourth-order valence-corrected chi connectivity index (χ4v) is 4.41. The van der Waals surface area contributed by atoms with Crippen LogP contribution in [0, 0.1) is 5.82 Å². The van der Waals surface area contributed by atoms with Crippen molar-refractivity contribution in [3.8, 4) is 16.9 Å². The maximum Gasteiger partial charge on any atom is 0.210 e. The van der Waals surface area contributed by atoms with Crippen LogP contribution in [0.25, 0.3) is 22.4 Å². The van der Waals surface area contributed by atoms with Gasteiger partial charge in [-0.05, 0) is 31.2 Å². The lowest BCUT2D eigenvalue weighted by Crippen LogP contribution is -2.27. The third-order valence-electron chi connectivity index (χ3n) is 6.22. The first-order chi connectivity index (χ1) is 17.0. The number of alkyl halides is 1. The quantitative estimate of drug-likeness (QED) is 0.383. The zero-order valence-corrected chi connectivity index (χ0v) is 18.6. The number of hydrogen-bond acceptors (Lipinski definition) is 8. The third-order valence-corrected chi connectivity index (χ3v) is 6.22. The van der Waals surface area contributed by atoms with Gasteiger partial charge in [0.25, 0.3) is 0 Å². The minimum atomic E-state index is -1.72. The van der Waals surface area contributed by atoms with Crippen LogP contribution in [0.5, 0.6) is 5.75 Å². The first-order valence-corrected chi connectivity index (χ1v) is 11.0. The average molecular weight is 478 g/mol. The highest BCUT2D eigenvalue weighted by molar-refractivity contribution is 5.86. The Morgan fingerprint density at radius 2 is 2.06 bits per heavy atom. The van der Waals surface area contributed by atoms with Crippen LogP contribution in [-0.4, -0.2) is 52.6 Å². The van der Waals surface area contributed by atoms with Crippen molar-refractivity contribution in [3.63, 3.8) is 0 Å². The number of anilines is 1. The summed E-state index contributed by atoms with van der Waals surface area (Å²) < 4.78 is 36.6. The summed E-state index contributed by atoms with van der Waals surface area (Å²) >= 11 is 0. The minimum Gasteiger partial charge on any atom is -0.493 e. The van der Waals surface area contributed by atoms with Gasteiger partial charge in [-0.1, -0.05) is 0 Å². The van der Waals surface area contributed by atoms with E-state index in [9.17, 15) is 13.9 Å². The number of hydrogen-bond donors (Lipinski definition) is 2. The van der Waals surface area contributed by atoms with Crippen LogP contribution in [0.3, 0.4) is 0 Å². The Kier molecular flexibility index (Phi) is 4.85. The summed E-state index contributed by atoms with van der Waals surface area (Å²) in [7, 11) is 0. The van der Waals surface area contributed by atoms with Gasteiger partial charge in [-0.15, -0.1) is 10.2 Å². The van der Waals surface area contributed by atoms with Gasteiger partial charge in [0, 0.05) is 41.4 Å². The van der Waals surface area contributed by atoms with E-state index in [1.54, 1.807) is 28.8 Å². The van der Waals surface area contributed by atoms with Crippen molar-refractivity contribution in [1.82, 2.24) is 34.2 Å². The highest BCUT2D eigenvalue weighted by Gasteiger charge is 2.28. The number of rotatable bonds is 6. The Labute approximate surface area is 197 Å². The lowest BCUT2D eigenvalue weighted by atomic mass is 10.0. The molecule has 10 nitrogen and oxygen atoms in total. The molecule has 1 aliphatic heterocycles. The number of pyridine rings is 1. The summed E-state index contributed by atoms with van der Waals surface area (Å²) in [6, 6.07) is 6.36. The van der Waals surface area contributed by atoms with Crippen molar-refractivity contribution >= 4 is 17.2 Å². The number of aliphatic hydroxyl groups is 1. The Balaban J connectivity index is 1.39. The molecule has 0 saturated carbocycles. The first-order valence-electron chi connectivity index (χ1n) is 11.0. The Morgan fingerprint density at radius 1 is 1.17 bits per heavy atom. The topological polar surface area (TPSA) is 115 Å². The van der Waals surface area contributed by atoms with E-state index in [2.05, 4.69) is 30.6 Å². The summed E-state index contributed by atoms with van der Waals surface area (Å²) in [6.07, 6.45) is 5.10. The third kappa shape index (κ3) is 3.36. The smallest absolute Gasteiger partial charge is 0.210 e. The second-order valence-electron chi connectivity index (χ2n) is 8.51. The molecule has 0 bridgehead atoms. The van der Waals surface area contributed by atoms with Crippen LogP contribution in [-0.2, 0) is 18.6 Å². The number of nitrogens with one attached hydrogen (secondary N) is 1. The van der Waals surface area contributed by atoms with Crippen LogP contribution >= 0.6 is 0 Å². The molecule has 5 aromatic rings. The minimum absolute atomic E-state index is 0.208. The molecule has 0 amide bonds. The standard InChI is InChI=1S/C23H20F2N8O2/c1-23(34,10-24)19-5-2-14(20-28-11-30-33(19)20)16-9-27-22(32-12-29-31-21(16)32)26-8-15-13-6-7-35-18(13)4-3-17(15)25/h2-5,9,11-12,34H,6-8,10H2,1H3,(H,26,27)/t23-/m1/s1. The molecule has 0 saturated heterocycles. The predicted molar refractivity (Wildman–Crippen MR) is 121 cm³/mol. The van der Waals surface area contributed by atoms with Gasteiger partial charge in [-0.2, -0.15) is 5.10 Å². The van der Waals surface area contributed by atoms with Crippen molar-refractivity contribution in [2.45, 2.75) is 25.5 Å². The van der Waals surface area contributed by atoms with E-state index in [-0.39, 0.29) is 18.1 Å². The van der Waals surface area contributed by atoms with Gasteiger partial charge in [0.05, 0.1) is 12.3 Å². The van der Waals surface area contributed by atoms with Crippen molar-refractivity contribution in [1.29, 1.82) is 0 Å². The summed E-state index contributed by atoms with van der Waals surface area (Å²) in [4.78, 5) is 8.82. The van der Waals surface area contributed by atoms with Crippen molar-refractivity contribution in [3.05, 3.63) is 65.8 Å². The van der Waals surface area contributed by atoms with E-state index < -0.39 is 12.3 Å². The Morgan fingerprint density at radius 3 is 2.91 bits per heavy atom. The number of benzene rings is 1. The molecule has 0 spiro atoms. The molecule has 1 aromatic carbocycles. The van der Waals surface area contributed by atoms with Gasteiger partial charge in [0.15, 0.2) is 11.3 Å². The number of fused-ring (bicyclic) bond motifs is 3. The van der Waals surface area contributed by atoms with Gasteiger partial charge in [-0.3, -0.25) is 4.40 Å². The lowest BCUT2D eigenvalue weighted by molar-refractivity contribution is 0.0239. The fraction of sp³-hybridized carbons (Fsp3) is 0.261. The second kappa shape index (κ2) is 7.94. The summed E-state index contributed by atoms with van der Waals surface area (Å²) in [5.41, 5.74) is 2.06. The molecular weight excluding hydrogens is 458 g/mol. The van der Waals surface area contributed by atoms with Gasteiger partial charge in [-0.25, -0.2) is 23.3 Å². The fourth-order valence-electron chi connectivity index (χ4n) is 4.41. The molecule has 178 valence electrons. The van der Waals surface area contributed by atoms with Crippen molar-refractivity contribution in [2.75, 3.05) is 18.6 Å². The molecule has 35 heavy (non-hydrogen) atoms. The SMILES string of the molecule is C[C@@](O)(CF)c1ccc(-c2cnc(NCc3c(F)ccc4c3CCO4)n3cnnc23)c2ncnn12.